The van der Waals surface area contributed by atoms with Crippen LogP contribution in [0.2, 0.25) is 0 Å². The third kappa shape index (κ3) is 6.88. The molecule has 0 saturated heterocycles. The van der Waals surface area contributed by atoms with E-state index in [1.165, 1.54) is 24.1 Å². The van der Waals surface area contributed by atoms with E-state index in [9.17, 15) is 0 Å². The number of aryl methyl sites for hydroxylation is 2. The number of halogens is 1. The number of rotatable bonds is 6. The topological polar surface area (TPSA) is 71.4 Å². The lowest BCUT2D eigenvalue weighted by Crippen LogP contribution is -2.36. The molecule has 0 aliphatic heterocycles. The van der Waals surface area contributed by atoms with Crippen molar-refractivity contribution in [2.75, 3.05) is 7.05 Å². The van der Waals surface area contributed by atoms with Gasteiger partial charge in [0.2, 0.25) is 5.88 Å². The number of hydrogen-bond donors (Lipinski definition) is 2. The van der Waals surface area contributed by atoms with Gasteiger partial charge in [-0.05, 0) is 45.1 Å². The van der Waals surface area contributed by atoms with Gasteiger partial charge in [-0.25, -0.2) is 9.97 Å². The largest absolute Gasteiger partial charge is 0.474 e. The molecule has 3 rings (SSSR count). The van der Waals surface area contributed by atoms with E-state index in [0.29, 0.717) is 12.6 Å². The Balaban J connectivity index is 0.00000280. The minimum absolute atomic E-state index is 0. The van der Waals surface area contributed by atoms with Crippen molar-refractivity contribution in [1.82, 2.24) is 20.6 Å². The highest BCUT2D eigenvalue weighted by molar-refractivity contribution is 14.0. The molecule has 2 heterocycles. The maximum atomic E-state index is 5.99. The average molecular weight is 515 g/mol. The van der Waals surface area contributed by atoms with Crippen LogP contribution in [0.4, 0.5) is 0 Å². The fraction of sp³-hybridized carbons (Fsp3) is 0.550. The van der Waals surface area contributed by atoms with Crippen molar-refractivity contribution in [2.45, 2.75) is 65.1 Å². The van der Waals surface area contributed by atoms with Crippen molar-refractivity contribution < 1.29 is 4.74 Å². The molecule has 1 saturated carbocycles. The van der Waals surface area contributed by atoms with Crippen LogP contribution in [-0.4, -0.2) is 29.1 Å². The Bertz CT molecular complexity index is 756. The smallest absolute Gasteiger partial charge is 0.213 e. The number of pyridine rings is 1. The van der Waals surface area contributed by atoms with Crippen molar-refractivity contribution in [3.05, 3.63) is 39.5 Å². The molecule has 8 heteroatoms. The first-order valence-corrected chi connectivity index (χ1v) is 10.4. The molecule has 1 aliphatic carbocycles. The van der Waals surface area contributed by atoms with Gasteiger partial charge >= 0.3 is 0 Å². The Morgan fingerprint density at radius 1 is 1.18 bits per heavy atom. The standard InChI is InChI=1S/C20H29N5OS.HI/c1-14-18(27-15(2)25-14)13-24-20(21-3)23-12-16-9-10-19(22-11-16)26-17-7-5-4-6-8-17;/h9-11,17H,4-8,12-13H2,1-3H3,(H2,21,23,24);1H. The van der Waals surface area contributed by atoms with E-state index < -0.39 is 0 Å². The number of guanidine groups is 1. The Morgan fingerprint density at radius 2 is 1.93 bits per heavy atom. The molecule has 2 aromatic heterocycles. The van der Waals surface area contributed by atoms with E-state index in [0.717, 1.165) is 47.5 Å². The number of aliphatic imine (C=N–C) groups is 1. The van der Waals surface area contributed by atoms with Gasteiger partial charge in [0.25, 0.3) is 0 Å². The van der Waals surface area contributed by atoms with Crippen molar-refractivity contribution in [2.24, 2.45) is 4.99 Å². The van der Waals surface area contributed by atoms with Crippen LogP contribution in [0.25, 0.3) is 0 Å². The second kappa shape index (κ2) is 11.5. The molecule has 0 amide bonds. The highest BCUT2D eigenvalue weighted by Gasteiger charge is 2.15. The first-order chi connectivity index (χ1) is 13.1. The second-order valence-corrected chi connectivity index (χ2v) is 8.19. The summed E-state index contributed by atoms with van der Waals surface area (Å²) in [4.78, 5) is 14.4. The average Bonchev–Trinajstić information content (AvgIpc) is 3.01. The molecular weight excluding hydrogens is 485 g/mol. The predicted octanol–water partition coefficient (Wildman–Crippen LogP) is 4.35. The Kier molecular flexibility index (Phi) is 9.43. The molecule has 6 nitrogen and oxygen atoms in total. The summed E-state index contributed by atoms with van der Waals surface area (Å²) in [6, 6.07) is 4.02. The molecule has 28 heavy (non-hydrogen) atoms. The van der Waals surface area contributed by atoms with Crippen molar-refractivity contribution in [3.8, 4) is 5.88 Å². The summed E-state index contributed by atoms with van der Waals surface area (Å²) >= 11 is 1.72. The number of aromatic nitrogens is 2. The summed E-state index contributed by atoms with van der Waals surface area (Å²) in [6.07, 6.45) is 8.35. The van der Waals surface area contributed by atoms with Crippen LogP contribution < -0.4 is 15.4 Å². The van der Waals surface area contributed by atoms with E-state index in [-0.39, 0.29) is 24.0 Å². The molecular formula is C20H30IN5OS. The van der Waals surface area contributed by atoms with Gasteiger partial charge in [0.15, 0.2) is 5.96 Å². The van der Waals surface area contributed by atoms with E-state index in [4.69, 9.17) is 4.74 Å². The van der Waals surface area contributed by atoms with E-state index in [2.05, 4.69) is 31.7 Å². The summed E-state index contributed by atoms with van der Waals surface area (Å²) in [5.74, 6) is 1.49. The van der Waals surface area contributed by atoms with Crippen molar-refractivity contribution >= 4 is 41.3 Å². The molecule has 2 aromatic rings. The van der Waals surface area contributed by atoms with Crippen molar-refractivity contribution in [3.63, 3.8) is 0 Å². The van der Waals surface area contributed by atoms with Crippen LogP contribution in [0.5, 0.6) is 5.88 Å². The minimum Gasteiger partial charge on any atom is -0.474 e. The number of ether oxygens (including phenoxy) is 1. The molecule has 0 radical (unpaired) electrons. The molecule has 0 aromatic carbocycles. The maximum absolute atomic E-state index is 5.99. The first kappa shape index (κ1) is 22.9. The molecule has 1 fully saturated rings. The lowest BCUT2D eigenvalue weighted by atomic mass is 9.98. The summed E-state index contributed by atoms with van der Waals surface area (Å²) in [7, 11) is 1.78. The van der Waals surface area contributed by atoms with Crippen LogP contribution in [-0.2, 0) is 13.1 Å². The van der Waals surface area contributed by atoms with Gasteiger partial charge in [0.1, 0.15) is 6.10 Å². The van der Waals surface area contributed by atoms with Gasteiger partial charge in [-0.3, -0.25) is 4.99 Å². The SMILES string of the molecule is CN=C(NCc1ccc(OC2CCCCC2)nc1)NCc1sc(C)nc1C.I. The molecule has 0 spiro atoms. The number of nitrogens with zero attached hydrogens (tertiary/aromatic N) is 3. The predicted molar refractivity (Wildman–Crippen MR) is 126 cm³/mol. The highest BCUT2D eigenvalue weighted by atomic mass is 127. The zero-order valence-corrected chi connectivity index (χ0v) is 20.0. The van der Waals surface area contributed by atoms with Crippen LogP contribution >= 0.6 is 35.3 Å². The molecule has 0 bridgehead atoms. The van der Waals surface area contributed by atoms with Crippen LogP contribution in [0.15, 0.2) is 23.3 Å². The fourth-order valence-corrected chi connectivity index (χ4v) is 4.12. The Morgan fingerprint density at radius 3 is 2.54 bits per heavy atom. The van der Waals surface area contributed by atoms with E-state index in [1.807, 2.05) is 26.1 Å². The Labute approximate surface area is 188 Å². The lowest BCUT2D eigenvalue weighted by molar-refractivity contribution is 0.148. The van der Waals surface area contributed by atoms with Gasteiger partial charge in [-0.15, -0.1) is 35.3 Å². The lowest BCUT2D eigenvalue weighted by Gasteiger charge is -2.22. The second-order valence-electron chi connectivity index (χ2n) is 6.90. The van der Waals surface area contributed by atoms with Crippen LogP contribution in [0.3, 0.4) is 0 Å². The van der Waals surface area contributed by atoms with E-state index >= 15 is 0 Å². The molecule has 0 atom stereocenters. The number of nitrogens with one attached hydrogen (secondary N) is 2. The van der Waals surface area contributed by atoms with Crippen LogP contribution in [0, 0.1) is 13.8 Å². The van der Waals surface area contributed by atoms with Gasteiger partial charge in [0, 0.05) is 30.7 Å². The van der Waals surface area contributed by atoms with Crippen molar-refractivity contribution in [1.29, 1.82) is 0 Å². The third-order valence-corrected chi connectivity index (χ3v) is 5.81. The summed E-state index contributed by atoms with van der Waals surface area (Å²) in [6.45, 7) is 5.46. The quantitative estimate of drug-likeness (QED) is 0.340. The van der Waals surface area contributed by atoms with Crippen LogP contribution in [0.1, 0.15) is 53.2 Å². The summed E-state index contributed by atoms with van der Waals surface area (Å²) in [5, 5.41) is 7.76. The molecule has 2 N–H and O–H groups in total. The number of hydrogen-bond acceptors (Lipinski definition) is 5. The molecule has 154 valence electrons. The zero-order chi connectivity index (χ0) is 19.1. The maximum Gasteiger partial charge on any atom is 0.213 e. The van der Waals surface area contributed by atoms with Gasteiger partial charge in [-0.2, -0.15) is 0 Å². The normalized spacial score (nSPS) is 15.0. The van der Waals surface area contributed by atoms with Gasteiger partial charge in [0.05, 0.1) is 17.2 Å². The molecule has 0 unspecified atom stereocenters. The van der Waals surface area contributed by atoms with Gasteiger partial charge < -0.3 is 15.4 Å². The third-order valence-electron chi connectivity index (χ3n) is 4.74. The Hall–Kier alpha value is -1.42. The fourth-order valence-electron chi connectivity index (χ4n) is 3.25. The monoisotopic (exact) mass is 515 g/mol. The number of thiazole rings is 1. The summed E-state index contributed by atoms with van der Waals surface area (Å²) < 4.78 is 5.99. The van der Waals surface area contributed by atoms with E-state index in [1.54, 1.807) is 18.4 Å². The summed E-state index contributed by atoms with van der Waals surface area (Å²) in [5.41, 5.74) is 2.18. The first-order valence-electron chi connectivity index (χ1n) is 9.63. The highest BCUT2D eigenvalue weighted by Crippen LogP contribution is 2.22. The minimum atomic E-state index is 0. The molecule has 1 aliphatic rings. The zero-order valence-electron chi connectivity index (χ0n) is 16.8. The van der Waals surface area contributed by atoms with Gasteiger partial charge in [-0.1, -0.05) is 12.5 Å².